The number of anilines is 1. The van der Waals surface area contributed by atoms with Crippen molar-refractivity contribution in [2.75, 3.05) is 5.32 Å². The van der Waals surface area contributed by atoms with E-state index in [1.54, 1.807) is 16.9 Å². The highest BCUT2D eigenvalue weighted by molar-refractivity contribution is 7.14. The molecule has 2 aromatic carbocycles. The van der Waals surface area contributed by atoms with Crippen LogP contribution in [0, 0.1) is 0 Å². The zero-order chi connectivity index (χ0) is 17.2. The van der Waals surface area contributed by atoms with Crippen LogP contribution in [0.3, 0.4) is 0 Å². The maximum absolute atomic E-state index is 12.3. The number of rotatable bonds is 4. The summed E-state index contributed by atoms with van der Waals surface area (Å²) in [5, 5.41) is 11.9. The van der Waals surface area contributed by atoms with Crippen LogP contribution in [0.4, 0.5) is 5.13 Å². The van der Waals surface area contributed by atoms with Gasteiger partial charge in [0.1, 0.15) is 0 Å². The molecule has 124 valence electrons. The Morgan fingerprint density at radius 3 is 2.84 bits per heavy atom. The molecule has 0 saturated carbocycles. The minimum Gasteiger partial charge on any atom is -0.296 e. The van der Waals surface area contributed by atoms with E-state index in [2.05, 4.69) is 33.6 Å². The van der Waals surface area contributed by atoms with E-state index in [9.17, 15) is 4.79 Å². The third kappa shape index (κ3) is 3.04. The summed E-state index contributed by atoms with van der Waals surface area (Å²) in [4.78, 5) is 16.9. The van der Waals surface area contributed by atoms with Gasteiger partial charge in [0.05, 0.1) is 5.69 Å². The molecule has 2 aromatic heterocycles. The molecule has 4 rings (SSSR count). The van der Waals surface area contributed by atoms with E-state index >= 15 is 0 Å². The number of nitrogens with zero attached hydrogens (tertiary/aromatic N) is 3. The van der Waals surface area contributed by atoms with Gasteiger partial charge in [0.2, 0.25) is 0 Å². The van der Waals surface area contributed by atoms with Crippen molar-refractivity contribution in [2.45, 2.75) is 13.5 Å². The van der Waals surface area contributed by atoms with Gasteiger partial charge >= 0.3 is 0 Å². The van der Waals surface area contributed by atoms with Crippen LogP contribution in [0.25, 0.3) is 22.0 Å². The molecular formula is C19H16N4OS. The lowest BCUT2D eigenvalue weighted by molar-refractivity contribution is 0.102. The summed E-state index contributed by atoms with van der Waals surface area (Å²) in [6.07, 6.45) is 1.79. The van der Waals surface area contributed by atoms with Gasteiger partial charge in [-0.05, 0) is 23.8 Å². The summed E-state index contributed by atoms with van der Waals surface area (Å²) < 4.78 is 1.72. The molecule has 25 heavy (non-hydrogen) atoms. The maximum Gasteiger partial charge on any atom is 0.277 e. The Kier molecular flexibility index (Phi) is 4.03. The topological polar surface area (TPSA) is 59.8 Å². The van der Waals surface area contributed by atoms with Gasteiger partial charge in [-0.3, -0.25) is 14.8 Å². The highest BCUT2D eigenvalue weighted by atomic mass is 32.1. The van der Waals surface area contributed by atoms with Crippen molar-refractivity contribution >= 4 is 33.1 Å². The van der Waals surface area contributed by atoms with E-state index in [1.165, 1.54) is 16.7 Å². The second kappa shape index (κ2) is 6.49. The number of carbonyl (C=O) groups excluding carboxylic acids is 1. The summed E-state index contributed by atoms with van der Waals surface area (Å²) in [7, 11) is 0. The lowest BCUT2D eigenvalue weighted by atomic mass is 10.0. The van der Waals surface area contributed by atoms with Crippen molar-refractivity contribution in [1.29, 1.82) is 0 Å². The van der Waals surface area contributed by atoms with Gasteiger partial charge in [-0.2, -0.15) is 5.10 Å². The van der Waals surface area contributed by atoms with Gasteiger partial charge in [-0.25, -0.2) is 4.98 Å². The summed E-state index contributed by atoms with van der Waals surface area (Å²) in [6, 6.07) is 16.1. The summed E-state index contributed by atoms with van der Waals surface area (Å²) in [5.74, 6) is -0.244. The van der Waals surface area contributed by atoms with Gasteiger partial charge in [-0.15, -0.1) is 11.3 Å². The minimum absolute atomic E-state index is 0.244. The van der Waals surface area contributed by atoms with E-state index in [0.29, 0.717) is 10.8 Å². The Morgan fingerprint density at radius 2 is 2.00 bits per heavy atom. The number of amides is 1. The smallest absolute Gasteiger partial charge is 0.277 e. The zero-order valence-electron chi connectivity index (χ0n) is 13.6. The molecule has 1 N–H and O–H groups in total. The lowest BCUT2D eigenvalue weighted by Crippen LogP contribution is -2.13. The quantitative estimate of drug-likeness (QED) is 0.593. The predicted octanol–water partition coefficient (Wildman–Crippen LogP) is 4.43. The number of hydrogen-bond donors (Lipinski definition) is 1. The molecule has 0 fully saturated rings. The zero-order valence-corrected chi connectivity index (χ0v) is 14.5. The van der Waals surface area contributed by atoms with E-state index in [4.69, 9.17) is 0 Å². The molecule has 0 spiro atoms. The Bertz CT molecular complexity index is 1040. The van der Waals surface area contributed by atoms with Crippen molar-refractivity contribution in [3.63, 3.8) is 0 Å². The Hall–Kier alpha value is -2.99. The van der Waals surface area contributed by atoms with Crippen LogP contribution in [-0.4, -0.2) is 20.7 Å². The molecule has 0 bridgehead atoms. The summed E-state index contributed by atoms with van der Waals surface area (Å²) in [6.45, 7) is 2.71. The molecule has 0 radical (unpaired) electrons. The van der Waals surface area contributed by atoms with Crippen molar-refractivity contribution in [1.82, 2.24) is 14.8 Å². The molecule has 0 saturated heterocycles. The minimum atomic E-state index is -0.244. The molecule has 1 amide bonds. The van der Waals surface area contributed by atoms with E-state index in [0.717, 1.165) is 23.2 Å². The third-order valence-corrected chi connectivity index (χ3v) is 4.75. The average Bonchev–Trinajstić information content (AvgIpc) is 3.30. The molecule has 0 aliphatic carbocycles. The number of thiazole rings is 1. The highest BCUT2D eigenvalue weighted by Gasteiger charge is 2.13. The monoisotopic (exact) mass is 348 g/mol. The van der Waals surface area contributed by atoms with E-state index in [-0.39, 0.29) is 5.91 Å². The van der Waals surface area contributed by atoms with Crippen LogP contribution in [-0.2, 0) is 6.54 Å². The third-order valence-electron chi connectivity index (χ3n) is 3.99. The van der Waals surface area contributed by atoms with Gasteiger partial charge in [-0.1, -0.05) is 42.5 Å². The van der Waals surface area contributed by atoms with E-state index in [1.807, 2.05) is 36.6 Å². The first-order valence-corrected chi connectivity index (χ1v) is 8.91. The lowest BCUT2D eigenvalue weighted by Gasteiger charge is -2.03. The highest BCUT2D eigenvalue weighted by Crippen LogP contribution is 2.31. The molecule has 0 aliphatic heterocycles. The van der Waals surface area contributed by atoms with Gasteiger partial charge < -0.3 is 0 Å². The Morgan fingerprint density at radius 1 is 1.16 bits per heavy atom. The largest absolute Gasteiger partial charge is 0.296 e. The molecule has 0 atom stereocenters. The fourth-order valence-electron chi connectivity index (χ4n) is 2.72. The van der Waals surface area contributed by atoms with Gasteiger partial charge in [0.25, 0.3) is 5.91 Å². The standard InChI is InChI=1S/C19H16N4OS/c1-2-23-11-10-16(22-23)18(24)21-19-20-17(12-25-19)15-9-5-7-13-6-3-4-8-14(13)15/h3-12H,2H2,1H3,(H,20,21,24). The van der Waals surface area contributed by atoms with Gasteiger partial charge in [0.15, 0.2) is 10.8 Å². The van der Waals surface area contributed by atoms with Crippen LogP contribution in [0.1, 0.15) is 17.4 Å². The van der Waals surface area contributed by atoms with Crippen LogP contribution < -0.4 is 5.32 Å². The van der Waals surface area contributed by atoms with E-state index < -0.39 is 0 Å². The number of hydrogen-bond acceptors (Lipinski definition) is 4. The molecule has 0 unspecified atom stereocenters. The molecule has 4 aromatic rings. The Balaban J connectivity index is 1.60. The fraction of sp³-hybridized carbons (Fsp3) is 0.105. The molecule has 0 aliphatic rings. The summed E-state index contributed by atoms with van der Waals surface area (Å²) >= 11 is 1.41. The maximum atomic E-state index is 12.3. The second-order valence-corrected chi connectivity index (χ2v) is 6.43. The summed E-state index contributed by atoms with van der Waals surface area (Å²) in [5.41, 5.74) is 2.31. The number of aryl methyl sites for hydroxylation is 1. The number of aromatic nitrogens is 3. The Labute approximate surface area is 149 Å². The average molecular weight is 348 g/mol. The SMILES string of the molecule is CCn1ccc(C(=O)Nc2nc(-c3cccc4ccccc34)cs2)n1. The fourth-order valence-corrected chi connectivity index (χ4v) is 3.43. The molecule has 2 heterocycles. The molecular weight excluding hydrogens is 332 g/mol. The number of fused-ring (bicyclic) bond motifs is 1. The predicted molar refractivity (Wildman–Crippen MR) is 101 cm³/mol. The van der Waals surface area contributed by atoms with Gasteiger partial charge in [0, 0.05) is 23.7 Å². The van der Waals surface area contributed by atoms with Crippen molar-refractivity contribution in [3.8, 4) is 11.3 Å². The first kappa shape index (κ1) is 15.5. The van der Waals surface area contributed by atoms with Crippen LogP contribution in [0.2, 0.25) is 0 Å². The number of benzene rings is 2. The normalized spacial score (nSPS) is 10.9. The first-order chi connectivity index (χ1) is 12.2. The van der Waals surface area contributed by atoms with Crippen molar-refractivity contribution < 1.29 is 4.79 Å². The number of carbonyl (C=O) groups is 1. The van der Waals surface area contributed by atoms with Crippen LogP contribution in [0.5, 0.6) is 0 Å². The van der Waals surface area contributed by atoms with Crippen LogP contribution >= 0.6 is 11.3 Å². The van der Waals surface area contributed by atoms with Crippen LogP contribution in [0.15, 0.2) is 60.1 Å². The molecule has 6 heteroatoms. The first-order valence-electron chi connectivity index (χ1n) is 8.03. The number of nitrogens with one attached hydrogen (secondary N) is 1. The van der Waals surface area contributed by atoms with Crippen molar-refractivity contribution in [3.05, 3.63) is 65.8 Å². The van der Waals surface area contributed by atoms with Crippen molar-refractivity contribution in [2.24, 2.45) is 0 Å². The molecule has 5 nitrogen and oxygen atoms in total. The second-order valence-electron chi connectivity index (χ2n) is 5.58.